The van der Waals surface area contributed by atoms with Gasteiger partial charge >= 0.3 is 0 Å². The molecule has 2 atom stereocenters. The molecule has 2 unspecified atom stereocenters. The van der Waals surface area contributed by atoms with Gasteiger partial charge in [-0.15, -0.1) is 0 Å². The smallest absolute Gasteiger partial charge is 0.157 e. The average molecular weight is 244 g/mol. The second-order valence-electron chi connectivity index (χ2n) is 4.34. The molecule has 0 radical (unpaired) electrons. The molecule has 0 aromatic carbocycles. The molecule has 0 amide bonds. The van der Waals surface area contributed by atoms with E-state index >= 15 is 0 Å². The van der Waals surface area contributed by atoms with Crippen LogP contribution in [0.5, 0.6) is 0 Å². The van der Waals surface area contributed by atoms with E-state index in [0.29, 0.717) is 6.04 Å². The van der Waals surface area contributed by atoms with Gasteiger partial charge in [0, 0.05) is 17.0 Å². The van der Waals surface area contributed by atoms with Crippen LogP contribution in [0.25, 0.3) is 0 Å². The predicted molar refractivity (Wildman–Crippen MR) is 72.0 cm³/mol. The highest BCUT2D eigenvalue weighted by Crippen LogP contribution is 2.41. The summed E-state index contributed by atoms with van der Waals surface area (Å²) >= 11 is 3.96. The first-order valence-corrected chi connectivity index (χ1v) is 7.88. The number of aliphatic imine (C=N–C) groups is 1. The Bertz CT molecular complexity index is 239. The van der Waals surface area contributed by atoms with E-state index in [2.05, 4.69) is 24.2 Å². The van der Waals surface area contributed by atoms with Crippen LogP contribution in [-0.2, 0) is 0 Å². The summed E-state index contributed by atoms with van der Waals surface area (Å²) in [6.07, 6.45) is 2.86. The second kappa shape index (κ2) is 5.48. The summed E-state index contributed by atoms with van der Waals surface area (Å²) in [6, 6.07) is 0.555. The lowest BCUT2D eigenvalue weighted by Gasteiger charge is -2.14. The Morgan fingerprint density at radius 1 is 1.60 bits per heavy atom. The number of hydrogen-bond donors (Lipinski definition) is 1. The van der Waals surface area contributed by atoms with E-state index in [4.69, 9.17) is 0 Å². The third-order valence-corrected chi connectivity index (χ3v) is 5.22. The average Bonchev–Trinajstić information content (AvgIpc) is 2.98. The molecule has 2 aliphatic rings. The van der Waals surface area contributed by atoms with Crippen molar-refractivity contribution in [3.63, 3.8) is 0 Å². The molecule has 1 fully saturated rings. The van der Waals surface area contributed by atoms with E-state index in [-0.39, 0.29) is 0 Å². The molecule has 1 heterocycles. The number of nitrogens with zero attached hydrogens (tertiary/aromatic N) is 1. The van der Waals surface area contributed by atoms with Crippen LogP contribution < -0.4 is 5.32 Å². The molecular weight excluding hydrogens is 224 g/mol. The van der Waals surface area contributed by atoms with E-state index in [9.17, 15) is 0 Å². The lowest BCUT2D eigenvalue weighted by atomic mass is 10.3. The highest BCUT2D eigenvalue weighted by atomic mass is 32.2. The highest BCUT2D eigenvalue weighted by molar-refractivity contribution is 8.14. The molecule has 0 spiro atoms. The fraction of sp³-hybridized carbons (Fsp3) is 0.909. The van der Waals surface area contributed by atoms with Gasteiger partial charge in [-0.25, -0.2) is 0 Å². The van der Waals surface area contributed by atoms with Crippen molar-refractivity contribution in [1.82, 2.24) is 5.32 Å². The third-order valence-electron chi connectivity index (χ3n) is 2.77. The summed E-state index contributed by atoms with van der Waals surface area (Å²) in [4.78, 5) is 4.59. The maximum absolute atomic E-state index is 4.59. The predicted octanol–water partition coefficient (Wildman–Crippen LogP) is 2.60. The van der Waals surface area contributed by atoms with Gasteiger partial charge in [0.25, 0.3) is 0 Å². The van der Waals surface area contributed by atoms with Crippen LogP contribution >= 0.6 is 23.5 Å². The highest BCUT2D eigenvalue weighted by Gasteiger charge is 2.35. The van der Waals surface area contributed by atoms with Crippen molar-refractivity contribution in [3.05, 3.63) is 0 Å². The minimum Gasteiger partial charge on any atom is -0.362 e. The van der Waals surface area contributed by atoms with Crippen molar-refractivity contribution in [2.24, 2.45) is 10.9 Å². The summed E-state index contributed by atoms with van der Waals surface area (Å²) in [5, 5.41) is 5.50. The molecule has 2 nitrogen and oxygen atoms in total. The molecule has 1 aliphatic carbocycles. The van der Waals surface area contributed by atoms with Gasteiger partial charge in [-0.2, -0.15) is 11.8 Å². The maximum atomic E-state index is 4.59. The zero-order chi connectivity index (χ0) is 10.7. The number of amidine groups is 1. The Balaban J connectivity index is 1.66. The van der Waals surface area contributed by atoms with Crippen molar-refractivity contribution < 1.29 is 0 Å². The fourth-order valence-corrected chi connectivity index (χ4v) is 3.72. The van der Waals surface area contributed by atoms with Crippen molar-refractivity contribution in [2.75, 3.05) is 18.1 Å². The van der Waals surface area contributed by atoms with Gasteiger partial charge in [-0.1, -0.05) is 18.7 Å². The number of thioether (sulfide) groups is 2. The normalized spacial score (nSPS) is 27.6. The van der Waals surface area contributed by atoms with Gasteiger partial charge in [0.2, 0.25) is 0 Å². The van der Waals surface area contributed by atoms with Crippen molar-refractivity contribution in [1.29, 1.82) is 0 Å². The topological polar surface area (TPSA) is 24.4 Å². The first-order valence-electron chi connectivity index (χ1n) is 5.85. The molecule has 1 saturated carbocycles. The summed E-state index contributed by atoms with van der Waals surface area (Å²) in [6.45, 7) is 5.50. The monoisotopic (exact) mass is 244 g/mol. The Kier molecular flexibility index (Phi) is 4.26. The van der Waals surface area contributed by atoms with E-state index in [1.165, 1.54) is 29.5 Å². The van der Waals surface area contributed by atoms with Crippen LogP contribution in [0.4, 0.5) is 0 Å². The van der Waals surface area contributed by atoms with Gasteiger partial charge < -0.3 is 5.32 Å². The lowest BCUT2D eigenvalue weighted by Crippen LogP contribution is -2.32. The molecule has 0 aromatic heterocycles. The molecule has 1 aliphatic heterocycles. The summed E-state index contributed by atoms with van der Waals surface area (Å²) in [5.74, 6) is 3.36. The Morgan fingerprint density at radius 3 is 3.07 bits per heavy atom. The van der Waals surface area contributed by atoms with Crippen LogP contribution in [0.15, 0.2) is 4.99 Å². The minimum atomic E-state index is 0.555. The largest absolute Gasteiger partial charge is 0.362 e. The van der Waals surface area contributed by atoms with Gasteiger partial charge in [0.05, 0.1) is 6.54 Å². The molecule has 0 aromatic rings. The SMILES string of the molecule is CCSCC(C)NC1=NCC(C2CC2)S1. The zero-order valence-corrected chi connectivity index (χ0v) is 11.2. The minimum absolute atomic E-state index is 0.555. The number of nitrogens with one attached hydrogen (secondary N) is 1. The van der Waals surface area contributed by atoms with Crippen molar-refractivity contribution >= 4 is 28.7 Å². The number of hydrogen-bond acceptors (Lipinski definition) is 4. The molecule has 1 N–H and O–H groups in total. The summed E-state index contributed by atoms with van der Waals surface area (Å²) in [5.41, 5.74) is 0. The zero-order valence-electron chi connectivity index (χ0n) is 9.53. The summed E-state index contributed by atoms with van der Waals surface area (Å²) < 4.78 is 0. The van der Waals surface area contributed by atoms with Crippen LogP contribution in [0.2, 0.25) is 0 Å². The number of rotatable bonds is 5. The fourth-order valence-electron chi connectivity index (χ4n) is 1.73. The standard InChI is InChI=1S/C11H20N2S2/c1-3-14-7-8(2)13-11-12-6-10(15-11)9-4-5-9/h8-10H,3-7H2,1-2H3,(H,12,13). The van der Waals surface area contributed by atoms with Crippen LogP contribution in [0.1, 0.15) is 26.7 Å². The second-order valence-corrected chi connectivity index (χ2v) is 6.89. The first kappa shape index (κ1) is 11.6. The van der Waals surface area contributed by atoms with E-state index < -0.39 is 0 Å². The van der Waals surface area contributed by atoms with E-state index in [1.54, 1.807) is 0 Å². The van der Waals surface area contributed by atoms with Gasteiger partial charge in [-0.3, -0.25) is 4.99 Å². The third kappa shape index (κ3) is 3.59. The van der Waals surface area contributed by atoms with Gasteiger partial charge in [0.15, 0.2) is 5.17 Å². The molecule has 4 heteroatoms. The van der Waals surface area contributed by atoms with Crippen molar-refractivity contribution in [2.45, 2.75) is 38.0 Å². The molecule has 15 heavy (non-hydrogen) atoms. The Morgan fingerprint density at radius 2 is 2.40 bits per heavy atom. The maximum Gasteiger partial charge on any atom is 0.157 e. The van der Waals surface area contributed by atoms with Gasteiger partial charge in [0.1, 0.15) is 0 Å². The molecule has 86 valence electrons. The lowest BCUT2D eigenvalue weighted by molar-refractivity contribution is 0.745. The quantitative estimate of drug-likeness (QED) is 0.804. The van der Waals surface area contributed by atoms with Crippen molar-refractivity contribution in [3.8, 4) is 0 Å². The Hall–Kier alpha value is 0.170. The summed E-state index contributed by atoms with van der Waals surface area (Å²) in [7, 11) is 0. The van der Waals surface area contributed by atoms with E-state index in [1.807, 2.05) is 23.5 Å². The van der Waals surface area contributed by atoms with Crippen LogP contribution in [-0.4, -0.2) is 34.5 Å². The molecule has 0 bridgehead atoms. The van der Waals surface area contributed by atoms with Crippen LogP contribution in [0.3, 0.4) is 0 Å². The molecular formula is C11H20N2S2. The molecule has 2 rings (SSSR count). The Labute approximate surface area is 101 Å². The first-order chi connectivity index (χ1) is 7.29. The van der Waals surface area contributed by atoms with Gasteiger partial charge in [-0.05, 0) is 31.4 Å². The van der Waals surface area contributed by atoms with E-state index in [0.717, 1.165) is 17.7 Å². The molecule has 0 saturated heterocycles. The van der Waals surface area contributed by atoms with Crippen LogP contribution in [0, 0.1) is 5.92 Å².